The molecule has 3 aliphatic rings. The van der Waals surface area contributed by atoms with Crippen LogP contribution < -0.4 is 10.6 Å². The number of rotatable bonds is 2. The Balaban J connectivity index is 1.58. The summed E-state index contributed by atoms with van der Waals surface area (Å²) >= 11 is 0. The second-order valence-electron chi connectivity index (χ2n) is 6.98. The van der Waals surface area contributed by atoms with Crippen LogP contribution in [0.2, 0.25) is 0 Å². The topological polar surface area (TPSA) is 61.4 Å². The number of fused-ring (bicyclic) bond motifs is 1. The average molecular weight is 293 g/mol. The second-order valence-corrected chi connectivity index (χ2v) is 6.98. The molecule has 0 spiro atoms. The van der Waals surface area contributed by atoms with Gasteiger partial charge in [-0.2, -0.15) is 0 Å². The van der Waals surface area contributed by atoms with E-state index in [9.17, 15) is 9.59 Å². The molecule has 5 nitrogen and oxygen atoms in total. The van der Waals surface area contributed by atoms with Crippen LogP contribution in [0.25, 0.3) is 0 Å². The van der Waals surface area contributed by atoms with Gasteiger partial charge in [0, 0.05) is 32.6 Å². The van der Waals surface area contributed by atoms with Gasteiger partial charge in [0.25, 0.3) is 0 Å². The van der Waals surface area contributed by atoms with E-state index in [1.54, 1.807) is 6.92 Å². The first-order chi connectivity index (χ1) is 10.1. The number of hydrogen-bond acceptors (Lipinski definition) is 3. The molecule has 0 aromatic heterocycles. The van der Waals surface area contributed by atoms with Crippen LogP contribution in [-0.4, -0.2) is 48.9 Å². The lowest BCUT2D eigenvalue weighted by molar-refractivity contribution is -0.135. The summed E-state index contributed by atoms with van der Waals surface area (Å²) in [4.78, 5) is 26.1. The molecule has 2 heterocycles. The number of carbonyl (C=O) groups excluding carboxylic acids is 2. The molecule has 0 radical (unpaired) electrons. The van der Waals surface area contributed by atoms with Gasteiger partial charge in [-0.1, -0.05) is 12.8 Å². The van der Waals surface area contributed by atoms with E-state index in [0.717, 1.165) is 45.4 Å². The predicted molar refractivity (Wildman–Crippen MR) is 80.7 cm³/mol. The molecule has 1 saturated carbocycles. The predicted octanol–water partition coefficient (Wildman–Crippen LogP) is 0.893. The van der Waals surface area contributed by atoms with Gasteiger partial charge in [0.1, 0.15) is 0 Å². The van der Waals surface area contributed by atoms with Gasteiger partial charge in [0.05, 0.1) is 5.41 Å². The molecule has 3 fully saturated rings. The minimum Gasteiger partial charge on any atom is -0.353 e. The van der Waals surface area contributed by atoms with E-state index in [0.29, 0.717) is 5.92 Å². The normalized spacial score (nSPS) is 33.6. The smallest absolute Gasteiger partial charge is 0.228 e. The molecule has 118 valence electrons. The van der Waals surface area contributed by atoms with Crippen molar-refractivity contribution in [3.8, 4) is 0 Å². The third-order valence-corrected chi connectivity index (χ3v) is 5.77. The molecule has 2 atom stereocenters. The Hall–Kier alpha value is -1.10. The first-order valence-corrected chi connectivity index (χ1v) is 8.39. The summed E-state index contributed by atoms with van der Waals surface area (Å²) in [6.07, 6.45) is 6.43. The van der Waals surface area contributed by atoms with Gasteiger partial charge < -0.3 is 15.5 Å². The molecule has 2 amide bonds. The first kappa shape index (κ1) is 14.8. The van der Waals surface area contributed by atoms with Crippen molar-refractivity contribution in [3.05, 3.63) is 0 Å². The number of nitrogens with one attached hydrogen (secondary N) is 2. The van der Waals surface area contributed by atoms with Gasteiger partial charge in [-0.15, -0.1) is 0 Å². The monoisotopic (exact) mass is 293 g/mol. The van der Waals surface area contributed by atoms with Gasteiger partial charge in [-0.05, 0) is 38.1 Å². The number of carbonyl (C=O) groups is 2. The zero-order valence-electron chi connectivity index (χ0n) is 13.0. The summed E-state index contributed by atoms with van der Waals surface area (Å²) in [5.41, 5.74) is -0.157. The molecule has 21 heavy (non-hydrogen) atoms. The van der Waals surface area contributed by atoms with Crippen molar-refractivity contribution in [2.24, 2.45) is 11.3 Å². The van der Waals surface area contributed by atoms with E-state index in [2.05, 4.69) is 10.6 Å². The van der Waals surface area contributed by atoms with Crippen molar-refractivity contribution in [1.29, 1.82) is 0 Å². The van der Waals surface area contributed by atoms with E-state index in [-0.39, 0.29) is 23.3 Å². The number of hydrogen-bond donors (Lipinski definition) is 2. The number of likely N-dealkylation sites (tertiary alicyclic amines) is 1. The van der Waals surface area contributed by atoms with Crippen LogP contribution in [0.5, 0.6) is 0 Å². The fourth-order valence-electron chi connectivity index (χ4n) is 4.36. The van der Waals surface area contributed by atoms with Crippen LogP contribution in [0.15, 0.2) is 0 Å². The van der Waals surface area contributed by atoms with Crippen molar-refractivity contribution in [3.63, 3.8) is 0 Å². The van der Waals surface area contributed by atoms with E-state index < -0.39 is 0 Å². The van der Waals surface area contributed by atoms with Crippen LogP contribution in [0.1, 0.15) is 45.4 Å². The summed E-state index contributed by atoms with van der Waals surface area (Å²) in [5.74, 6) is 0.924. The van der Waals surface area contributed by atoms with E-state index in [1.165, 1.54) is 19.3 Å². The minimum absolute atomic E-state index is 0.144. The van der Waals surface area contributed by atoms with Gasteiger partial charge in [0.15, 0.2) is 0 Å². The molecule has 0 bridgehead atoms. The van der Waals surface area contributed by atoms with Crippen LogP contribution in [0.3, 0.4) is 0 Å². The average Bonchev–Trinajstić information content (AvgIpc) is 2.93. The summed E-state index contributed by atoms with van der Waals surface area (Å²) < 4.78 is 0. The molecule has 0 aromatic rings. The standard InChI is InChI=1S/C16H27N3O2/c1-12(20)19-8-5-14(6-9-19)18-15(21)16-7-3-2-4-13(16)10-17-11-16/h13-14,17H,2-11H2,1H3,(H,18,21)/t13-,16+/m0/s1. The third-order valence-electron chi connectivity index (χ3n) is 5.77. The van der Waals surface area contributed by atoms with Crippen molar-refractivity contribution >= 4 is 11.8 Å². The first-order valence-electron chi connectivity index (χ1n) is 8.39. The maximum Gasteiger partial charge on any atom is 0.228 e. The molecular formula is C16H27N3O2. The zero-order valence-corrected chi connectivity index (χ0v) is 13.0. The van der Waals surface area contributed by atoms with Crippen LogP contribution in [-0.2, 0) is 9.59 Å². The molecular weight excluding hydrogens is 266 g/mol. The molecule has 2 saturated heterocycles. The quantitative estimate of drug-likeness (QED) is 0.795. The van der Waals surface area contributed by atoms with Crippen LogP contribution in [0.4, 0.5) is 0 Å². The second kappa shape index (κ2) is 5.95. The molecule has 0 unspecified atom stereocenters. The Morgan fingerprint density at radius 2 is 1.95 bits per heavy atom. The number of nitrogens with zero attached hydrogens (tertiary/aromatic N) is 1. The highest BCUT2D eigenvalue weighted by molar-refractivity contribution is 5.84. The molecule has 3 rings (SSSR count). The fourth-order valence-corrected chi connectivity index (χ4v) is 4.36. The maximum atomic E-state index is 12.9. The highest BCUT2D eigenvalue weighted by Gasteiger charge is 2.50. The maximum absolute atomic E-state index is 12.9. The minimum atomic E-state index is -0.157. The van der Waals surface area contributed by atoms with Crippen molar-refractivity contribution < 1.29 is 9.59 Å². The van der Waals surface area contributed by atoms with Crippen molar-refractivity contribution in [2.75, 3.05) is 26.2 Å². The van der Waals surface area contributed by atoms with Crippen molar-refractivity contribution in [2.45, 2.75) is 51.5 Å². The highest BCUT2D eigenvalue weighted by atomic mass is 16.2. The molecule has 2 N–H and O–H groups in total. The Labute approximate surface area is 126 Å². The number of piperidine rings is 1. The summed E-state index contributed by atoms with van der Waals surface area (Å²) in [6.45, 7) is 5.00. The lowest BCUT2D eigenvalue weighted by Gasteiger charge is -2.39. The fraction of sp³-hybridized carbons (Fsp3) is 0.875. The summed E-state index contributed by atoms with van der Waals surface area (Å²) in [5, 5.41) is 6.72. The van der Waals surface area contributed by atoms with Gasteiger partial charge in [-0.3, -0.25) is 9.59 Å². The lowest BCUT2D eigenvalue weighted by Crippen LogP contribution is -2.53. The molecule has 5 heteroatoms. The van der Waals surface area contributed by atoms with E-state index >= 15 is 0 Å². The largest absolute Gasteiger partial charge is 0.353 e. The van der Waals surface area contributed by atoms with Crippen LogP contribution >= 0.6 is 0 Å². The van der Waals surface area contributed by atoms with Gasteiger partial charge in [0.2, 0.25) is 11.8 Å². The molecule has 1 aliphatic carbocycles. The third kappa shape index (κ3) is 2.80. The SMILES string of the molecule is CC(=O)N1CCC(NC(=O)[C@@]23CCCC[C@H]2CNC3)CC1. The zero-order chi connectivity index (χ0) is 14.9. The number of amides is 2. The lowest BCUT2D eigenvalue weighted by atomic mass is 9.67. The molecule has 2 aliphatic heterocycles. The molecule has 0 aromatic carbocycles. The Morgan fingerprint density at radius 1 is 1.19 bits per heavy atom. The summed E-state index contributed by atoms with van der Waals surface area (Å²) in [6, 6.07) is 0.241. The van der Waals surface area contributed by atoms with Gasteiger partial charge in [-0.25, -0.2) is 0 Å². The highest BCUT2D eigenvalue weighted by Crippen LogP contribution is 2.44. The summed E-state index contributed by atoms with van der Waals surface area (Å²) in [7, 11) is 0. The van der Waals surface area contributed by atoms with Crippen LogP contribution in [0, 0.1) is 11.3 Å². The Bertz CT molecular complexity index is 418. The van der Waals surface area contributed by atoms with Gasteiger partial charge >= 0.3 is 0 Å². The van der Waals surface area contributed by atoms with E-state index in [1.807, 2.05) is 4.90 Å². The van der Waals surface area contributed by atoms with Crippen molar-refractivity contribution in [1.82, 2.24) is 15.5 Å². The Morgan fingerprint density at radius 3 is 2.67 bits per heavy atom. The Kier molecular flexibility index (Phi) is 4.20. The van der Waals surface area contributed by atoms with E-state index in [4.69, 9.17) is 0 Å².